The number of carbonyl (C=O) groups is 1. The van der Waals surface area contributed by atoms with E-state index in [1.54, 1.807) is 4.90 Å². The van der Waals surface area contributed by atoms with Crippen LogP contribution < -0.4 is 10.6 Å². The van der Waals surface area contributed by atoms with Crippen LogP contribution in [0, 0.1) is 25.3 Å². The molecule has 1 fully saturated rings. The van der Waals surface area contributed by atoms with Crippen LogP contribution in [0.1, 0.15) is 43.0 Å². The molecule has 5 nitrogen and oxygen atoms in total. The lowest BCUT2D eigenvalue weighted by atomic mass is 9.95. The molecule has 6 heteroatoms. The predicted octanol–water partition coefficient (Wildman–Crippen LogP) is 4.05. The van der Waals surface area contributed by atoms with Crippen LogP contribution in [-0.4, -0.2) is 50.8 Å². The highest BCUT2D eigenvalue weighted by Crippen LogP contribution is 2.30. The Labute approximate surface area is 177 Å². The van der Waals surface area contributed by atoms with Crippen molar-refractivity contribution in [2.75, 3.05) is 31.1 Å². The van der Waals surface area contributed by atoms with Gasteiger partial charge in [-0.2, -0.15) is 0 Å². The number of ether oxygens (including phenoxy) is 1. The van der Waals surface area contributed by atoms with Crippen molar-refractivity contribution in [3.8, 4) is 11.5 Å². The average Bonchev–Trinajstić information content (AvgIpc) is 2.59. The molecule has 0 aliphatic carbocycles. The van der Waals surface area contributed by atoms with Gasteiger partial charge in [-0.15, -0.1) is 5.54 Å². The van der Waals surface area contributed by atoms with Gasteiger partial charge in [0, 0.05) is 44.0 Å². The quantitative estimate of drug-likeness (QED) is 0.585. The van der Waals surface area contributed by atoms with E-state index >= 15 is 0 Å². The van der Waals surface area contributed by atoms with E-state index < -0.39 is 13.7 Å². The summed E-state index contributed by atoms with van der Waals surface area (Å²) in [5, 5.41) is 0. The Morgan fingerprint density at radius 2 is 1.72 bits per heavy atom. The van der Waals surface area contributed by atoms with Crippen molar-refractivity contribution in [1.82, 2.24) is 4.90 Å². The molecule has 0 bridgehead atoms. The van der Waals surface area contributed by atoms with Crippen LogP contribution >= 0.6 is 0 Å². The summed E-state index contributed by atoms with van der Waals surface area (Å²) in [6.45, 7) is 20.1. The van der Waals surface area contributed by atoms with E-state index in [4.69, 9.17) is 10.5 Å². The van der Waals surface area contributed by atoms with Crippen LogP contribution in [0.2, 0.25) is 19.6 Å². The number of hydrogen-bond donors (Lipinski definition) is 1. The van der Waals surface area contributed by atoms with Crippen molar-refractivity contribution in [2.45, 2.75) is 66.4 Å². The number of nitrogens with zero attached hydrogens (tertiary/aromatic N) is 2. The van der Waals surface area contributed by atoms with Gasteiger partial charge in [-0.25, -0.2) is 4.79 Å². The first-order chi connectivity index (χ1) is 13.3. The molecule has 1 aliphatic heterocycles. The molecule has 1 aromatic carbocycles. The summed E-state index contributed by atoms with van der Waals surface area (Å²) >= 11 is 0. The molecule has 1 amide bonds. The van der Waals surface area contributed by atoms with E-state index in [9.17, 15) is 4.79 Å². The van der Waals surface area contributed by atoms with Crippen molar-refractivity contribution < 1.29 is 9.53 Å². The molecule has 0 aromatic heterocycles. The predicted molar refractivity (Wildman–Crippen MR) is 124 cm³/mol. The largest absolute Gasteiger partial charge is 0.444 e. The van der Waals surface area contributed by atoms with E-state index in [2.05, 4.69) is 55.9 Å². The van der Waals surface area contributed by atoms with Gasteiger partial charge in [0.15, 0.2) is 0 Å². The second kappa shape index (κ2) is 8.81. The van der Waals surface area contributed by atoms with Crippen molar-refractivity contribution in [3.63, 3.8) is 0 Å². The zero-order valence-corrected chi connectivity index (χ0v) is 20.4. The maximum absolute atomic E-state index is 12.4. The van der Waals surface area contributed by atoms with Crippen molar-refractivity contribution in [3.05, 3.63) is 28.3 Å². The number of anilines is 1. The third-order valence-electron chi connectivity index (χ3n) is 4.98. The van der Waals surface area contributed by atoms with Gasteiger partial charge in [-0.05, 0) is 57.4 Å². The third-order valence-corrected chi connectivity index (χ3v) is 5.86. The van der Waals surface area contributed by atoms with Gasteiger partial charge in [0.2, 0.25) is 0 Å². The lowest BCUT2D eigenvalue weighted by Crippen LogP contribution is -2.50. The van der Waals surface area contributed by atoms with Gasteiger partial charge < -0.3 is 20.3 Å². The summed E-state index contributed by atoms with van der Waals surface area (Å²) in [6, 6.07) is 2.20. The first kappa shape index (κ1) is 23.3. The van der Waals surface area contributed by atoms with Gasteiger partial charge in [0.05, 0.1) is 0 Å². The highest BCUT2D eigenvalue weighted by Gasteiger charge is 2.27. The summed E-state index contributed by atoms with van der Waals surface area (Å²) in [4.78, 5) is 16.5. The molecular formula is C23H37N3O2Si. The maximum Gasteiger partial charge on any atom is 0.410 e. The van der Waals surface area contributed by atoms with E-state index in [0.29, 0.717) is 19.6 Å². The molecule has 160 valence electrons. The lowest BCUT2D eigenvalue weighted by molar-refractivity contribution is 0.0240. The Hall–Kier alpha value is -1.97. The molecule has 0 atom stereocenters. The van der Waals surface area contributed by atoms with Gasteiger partial charge >= 0.3 is 6.09 Å². The summed E-state index contributed by atoms with van der Waals surface area (Å²) in [7, 11) is -1.48. The minimum absolute atomic E-state index is 0.234. The van der Waals surface area contributed by atoms with Crippen molar-refractivity contribution >= 4 is 19.9 Å². The molecule has 0 saturated carbocycles. The van der Waals surface area contributed by atoms with Crippen molar-refractivity contribution in [1.29, 1.82) is 0 Å². The minimum atomic E-state index is -1.48. The first-order valence-electron chi connectivity index (χ1n) is 10.4. The number of nitrogens with two attached hydrogens (primary N) is 1. The van der Waals surface area contributed by atoms with E-state index in [-0.39, 0.29) is 6.09 Å². The summed E-state index contributed by atoms with van der Waals surface area (Å²) < 4.78 is 5.51. The summed E-state index contributed by atoms with van der Waals surface area (Å²) in [6.07, 6.45) is -0.234. The Kier molecular flexibility index (Phi) is 7.08. The van der Waals surface area contributed by atoms with Gasteiger partial charge in [0.1, 0.15) is 13.7 Å². The highest BCUT2D eigenvalue weighted by atomic mass is 28.3. The fourth-order valence-corrected chi connectivity index (χ4v) is 3.89. The number of carbonyl (C=O) groups excluding carboxylic acids is 1. The maximum atomic E-state index is 12.4. The number of piperazine rings is 1. The monoisotopic (exact) mass is 415 g/mol. The fourth-order valence-electron chi connectivity index (χ4n) is 3.39. The molecule has 2 N–H and O–H groups in total. The van der Waals surface area contributed by atoms with Gasteiger partial charge in [-0.3, -0.25) is 0 Å². The van der Waals surface area contributed by atoms with Crippen LogP contribution in [0.4, 0.5) is 10.5 Å². The normalized spacial score (nSPS) is 15.1. The van der Waals surface area contributed by atoms with Crippen LogP contribution in [-0.2, 0) is 11.3 Å². The van der Waals surface area contributed by atoms with Crippen molar-refractivity contribution in [2.24, 2.45) is 5.73 Å². The molecule has 0 unspecified atom stereocenters. The van der Waals surface area contributed by atoms with Gasteiger partial charge in [-0.1, -0.05) is 25.6 Å². The molecule has 1 aliphatic rings. The third kappa shape index (κ3) is 6.25. The zero-order valence-electron chi connectivity index (χ0n) is 19.4. The first-order valence-corrected chi connectivity index (χ1v) is 13.9. The second-order valence-corrected chi connectivity index (χ2v) is 14.6. The van der Waals surface area contributed by atoms with Crippen LogP contribution in [0.3, 0.4) is 0 Å². The smallest absolute Gasteiger partial charge is 0.410 e. The van der Waals surface area contributed by atoms with E-state index in [0.717, 1.165) is 24.2 Å². The van der Waals surface area contributed by atoms with Gasteiger partial charge in [0.25, 0.3) is 0 Å². The van der Waals surface area contributed by atoms with Crippen LogP contribution in [0.25, 0.3) is 0 Å². The molecule has 1 saturated heterocycles. The van der Waals surface area contributed by atoms with Crippen LogP contribution in [0.15, 0.2) is 6.07 Å². The Morgan fingerprint density at radius 3 is 2.21 bits per heavy atom. The average molecular weight is 416 g/mol. The summed E-state index contributed by atoms with van der Waals surface area (Å²) in [5.74, 6) is 3.47. The Bertz CT molecular complexity index is 818. The molecule has 0 radical (unpaired) electrons. The summed E-state index contributed by atoms with van der Waals surface area (Å²) in [5.41, 5.74) is 14.9. The Morgan fingerprint density at radius 1 is 1.14 bits per heavy atom. The molecular weight excluding hydrogens is 378 g/mol. The number of benzene rings is 1. The standard InChI is InChI=1S/C23H37N3O2Si/c1-17-19(16-24)15-21(18(2)20(17)9-14-29(6,7)8)25-10-12-26(13-11-25)22(27)28-23(3,4)5/h15H,10-13,16,24H2,1-8H3. The molecule has 2 rings (SSSR count). The molecule has 1 aromatic rings. The topological polar surface area (TPSA) is 58.8 Å². The Balaban J connectivity index is 2.27. The second-order valence-electron chi connectivity index (χ2n) is 9.84. The number of amides is 1. The SMILES string of the molecule is Cc1c(CN)cc(N2CCN(C(=O)OC(C)(C)C)CC2)c(C)c1C#C[Si](C)(C)C. The van der Waals surface area contributed by atoms with E-state index in [1.165, 1.54) is 16.8 Å². The number of hydrogen-bond acceptors (Lipinski definition) is 4. The lowest BCUT2D eigenvalue weighted by Gasteiger charge is -2.38. The fraction of sp³-hybridized carbons (Fsp3) is 0.609. The highest BCUT2D eigenvalue weighted by molar-refractivity contribution is 6.83. The molecule has 1 heterocycles. The molecule has 0 spiro atoms. The van der Waals surface area contributed by atoms with Crippen LogP contribution in [0.5, 0.6) is 0 Å². The zero-order chi connectivity index (χ0) is 22.0. The van der Waals surface area contributed by atoms with E-state index in [1.807, 2.05) is 20.8 Å². The molecule has 29 heavy (non-hydrogen) atoms. The number of rotatable bonds is 2. The minimum Gasteiger partial charge on any atom is -0.444 e.